The van der Waals surface area contributed by atoms with Crippen LogP contribution in [0.15, 0.2) is 15.4 Å². The van der Waals surface area contributed by atoms with Gasteiger partial charge < -0.3 is 14.8 Å². The monoisotopic (exact) mass is 186 g/mol. The van der Waals surface area contributed by atoms with Gasteiger partial charge in [-0.2, -0.15) is 0 Å². The van der Waals surface area contributed by atoms with E-state index in [9.17, 15) is 14.7 Å². The molecule has 0 saturated carbocycles. The molecule has 72 valence electrons. The number of hydrogen-bond acceptors (Lipinski definition) is 4. The Morgan fingerprint density at radius 1 is 1.85 bits per heavy atom. The van der Waals surface area contributed by atoms with E-state index in [4.69, 9.17) is 0 Å². The number of aromatic nitrogens is 1. The molecule has 1 heterocycles. The van der Waals surface area contributed by atoms with Crippen LogP contribution in [0.4, 0.5) is 0 Å². The largest absolute Gasteiger partial charge is 0.416 e. The Labute approximate surface area is 73.6 Å². The van der Waals surface area contributed by atoms with Crippen LogP contribution < -0.4 is 11.1 Å². The number of aliphatic hydroxyl groups is 1. The number of amides is 1. The molecule has 0 bridgehead atoms. The molecule has 1 unspecified atom stereocenters. The van der Waals surface area contributed by atoms with Crippen molar-refractivity contribution in [3.8, 4) is 0 Å². The van der Waals surface area contributed by atoms with Crippen molar-refractivity contribution in [2.75, 3.05) is 6.54 Å². The number of aliphatic hydroxyl groups excluding tert-OH is 1. The van der Waals surface area contributed by atoms with Crippen molar-refractivity contribution in [1.29, 1.82) is 0 Å². The molecule has 1 aromatic rings. The van der Waals surface area contributed by atoms with Gasteiger partial charge in [-0.25, -0.2) is 4.79 Å². The molecule has 6 heteroatoms. The average Bonchev–Trinajstić information content (AvgIpc) is 2.47. The maximum atomic E-state index is 10.5. The van der Waals surface area contributed by atoms with E-state index in [0.29, 0.717) is 0 Å². The second-order valence-corrected chi connectivity index (χ2v) is 2.53. The van der Waals surface area contributed by atoms with Gasteiger partial charge in [0.1, 0.15) is 6.10 Å². The Bertz CT molecular complexity index is 340. The van der Waals surface area contributed by atoms with E-state index in [2.05, 4.69) is 14.7 Å². The first-order valence-electron chi connectivity index (χ1n) is 3.70. The number of oxazole rings is 1. The lowest BCUT2D eigenvalue weighted by Crippen LogP contribution is -2.25. The number of carbonyl (C=O) groups excluding carboxylic acids is 1. The van der Waals surface area contributed by atoms with Crippen LogP contribution in [0, 0.1) is 0 Å². The van der Waals surface area contributed by atoms with Crippen molar-refractivity contribution in [3.05, 3.63) is 22.5 Å². The first kappa shape index (κ1) is 9.53. The molecule has 0 aliphatic rings. The van der Waals surface area contributed by atoms with E-state index in [1.807, 2.05) is 0 Å². The highest BCUT2D eigenvalue weighted by Crippen LogP contribution is 2.07. The molecule has 0 fully saturated rings. The summed E-state index contributed by atoms with van der Waals surface area (Å²) in [4.78, 5) is 23.2. The molecular formula is C7H10N2O4. The van der Waals surface area contributed by atoms with Gasteiger partial charge >= 0.3 is 5.76 Å². The highest BCUT2D eigenvalue weighted by Gasteiger charge is 2.11. The molecule has 1 rings (SSSR count). The van der Waals surface area contributed by atoms with Gasteiger partial charge in [0.05, 0.1) is 6.54 Å². The third-order valence-electron chi connectivity index (χ3n) is 1.42. The first-order valence-corrected chi connectivity index (χ1v) is 3.70. The number of aromatic amines is 1. The number of H-pyrrole nitrogens is 1. The second-order valence-electron chi connectivity index (χ2n) is 2.53. The minimum absolute atomic E-state index is 0.0239. The van der Waals surface area contributed by atoms with Gasteiger partial charge in [-0.05, 0) is 0 Å². The maximum Gasteiger partial charge on any atom is 0.416 e. The molecule has 1 aromatic heterocycles. The molecule has 13 heavy (non-hydrogen) atoms. The molecule has 3 N–H and O–H groups in total. The third-order valence-corrected chi connectivity index (χ3v) is 1.42. The van der Waals surface area contributed by atoms with E-state index in [1.165, 1.54) is 13.1 Å². The third kappa shape index (κ3) is 2.75. The summed E-state index contributed by atoms with van der Waals surface area (Å²) in [6, 6.07) is 0. The Balaban J connectivity index is 2.53. The Kier molecular flexibility index (Phi) is 2.86. The SMILES string of the molecule is CC(=O)NCC(O)c1c[nH]c(=O)o1. The molecule has 0 saturated heterocycles. The summed E-state index contributed by atoms with van der Waals surface area (Å²) in [6.45, 7) is 1.36. The fourth-order valence-corrected chi connectivity index (χ4v) is 0.801. The first-order chi connectivity index (χ1) is 6.09. The molecule has 0 aliphatic carbocycles. The van der Waals surface area contributed by atoms with Crippen molar-refractivity contribution in [1.82, 2.24) is 10.3 Å². The van der Waals surface area contributed by atoms with Crippen molar-refractivity contribution in [2.45, 2.75) is 13.0 Å². The lowest BCUT2D eigenvalue weighted by atomic mass is 10.3. The van der Waals surface area contributed by atoms with Gasteiger partial charge in [0.2, 0.25) is 5.91 Å². The number of hydrogen-bond donors (Lipinski definition) is 3. The number of carbonyl (C=O) groups is 1. The molecular weight excluding hydrogens is 176 g/mol. The van der Waals surface area contributed by atoms with E-state index in [1.54, 1.807) is 0 Å². The summed E-state index contributed by atoms with van der Waals surface area (Å²) in [6.07, 6.45) is 0.261. The topological polar surface area (TPSA) is 95.3 Å². The van der Waals surface area contributed by atoms with Crippen LogP contribution in [0.1, 0.15) is 18.8 Å². The minimum atomic E-state index is -0.997. The van der Waals surface area contributed by atoms with E-state index in [0.717, 1.165) is 0 Å². The summed E-state index contributed by atoms with van der Waals surface area (Å²) in [7, 11) is 0. The van der Waals surface area contributed by atoms with Gasteiger partial charge in [0.15, 0.2) is 5.76 Å². The molecule has 0 aromatic carbocycles. The lowest BCUT2D eigenvalue weighted by Gasteiger charge is -2.06. The summed E-state index contributed by atoms with van der Waals surface area (Å²) in [5.41, 5.74) is 0. The molecule has 6 nitrogen and oxygen atoms in total. The van der Waals surface area contributed by atoms with Gasteiger partial charge in [0.25, 0.3) is 0 Å². The standard InChI is InChI=1S/C7H10N2O4/c1-4(10)8-2-5(11)6-3-9-7(12)13-6/h3,5,11H,2H2,1H3,(H,8,10)(H,9,12). The number of nitrogens with one attached hydrogen (secondary N) is 2. The Morgan fingerprint density at radius 2 is 2.54 bits per heavy atom. The fraction of sp³-hybridized carbons (Fsp3) is 0.429. The zero-order chi connectivity index (χ0) is 9.84. The van der Waals surface area contributed by atoms with E-state index >= 15 is 0 Å². The fourth-order valence-electron chi connectivity index (χ4n) is 0.801. The predicted octanol–water partition coefficient (Wildman–Crippen LogP) is -0.863. The molecule has 0 radical (unpaired) electrons. The molecule has 0 spiro atoms. The zero-order valence-electron chi connectivity index (χ0n) is 7.03. The van der Waals surface area contributed by atoms with Gasteiger partial charge in [-0.15, -0.1) is 0 Å². The molecule has 0 aliphatic heterocycles. The Morgan fingerprint density at radius 3 is 3.00 bits per heavy atom. The summed E-state index contributed by atoms with van der Waals surface area (Å²) < 4.78 is 4.57. The maximum absolute atomic E-state index is 10.5. The minimum Gasteiger partial charge on any atom is -0.410 e. The van der Waals surface area contributed by atoms with Crippen molar-refractivity contribution in [2.24, 2.45) is 0 Å². The van der Waals surface area contributed by atoms with Crippen LogP contribution in [-0.4, -0.2) is 22.5 Å². The number of rotatable bonds is 3. The van der Waals surface area contributed by atoms with Crippen molar-refractivity contribution >= 4 is 5.91 Å². The van der Waals surface area contributed by atoms with Crippen LogP contribution in [0.3, 0.4) is 0 Å². The normalized spacial score (nSPS) is 12.5. The Hall–Kier alpha value is -1.56. The van der Waals surface area contributed by atoms with Gasteiger partial charge in [0, 0.05) is 13.1 Å². The molecule has 1 atom stereocenters. The highest BCUT2D eigenvalue weighted by molar-refractivity contribution is 5.72. The van der Waals surface area contributed by atoms with Gasteiger partial charge in [-0.3, -0.25) is 9.78 Å². The molecule has 1 amide bonds. The summed E-state index contributed by atoms with van der Waals surface area (Å²) in [5.74, 6) is -0.771. The summed E-state index contributed by atoms with van der Waals surface area (Å²) in [5, 5.41) is 11.7. The zero-order valence-corrected chi connectivity index (χ0v) is 7.03. The second kappa shape index (κ2) is 3.90. The van der Waals surface area contributed by atoms with Crippen LogP contribution in [0.5, 0.6) is 0 Å². The predicted molar refractivity (Wildman–Crippen MR) is 43.0 cm³/mol. The average molecular weight is 186 g/mol. The van der Waals surface area contributed by atoms with Crippen LogP contribution in [0.25, 0.3) is 0 Å². The van der Waals surface area contributed by atoms with Gasteiger partial charge in [-0.1, -0.05) is 0 Å². The lowest BCUT2D eigenvalue weighted by molar-refractivity contribution is -0.119. The quantitative estimate of drug-likeness (QED) is 0.572. The summed E-state index contributed by atoms with van der Waals surface area (Å²) >= 11 is 0. The van der Waals surface area contributed by atoms with Crippen molar-refractivity contribution in [3.63, 3.8) is 0 Å². The smallest absolute Gasteiger partial charge is 0.410 e. The van der Waals surface area contributed by atoms with Crippen molar-refractivity contribution < 1.29 is 14.3 Å². The van der Waals surface area contributed by atoms with E-state index in [-0.39, 0.29) is 18.2 Å². The van der Waals surface area contributed by atoms with Crippen LogP contribution in [-0.2, 0) is 4.79 Å². The van der Waals surface area contributed by atoms with Crippen LogP contribution >= 0.6 is 0 Å². The van der Waals surface area contributed by atoms with Crippen LogP contribution in [0.2, 0.25) is 0 Å². The highest BCUT2D eigenvalue weighted by atomic mass is 16.4. The van der Waals surface area contributed by atoms with E-state index < -0.39 is 11.9 Å².